The Kier molecular flexibility index (Phi) is 6.55. The largest absolute Gasteiger partial charge is 0.495 e. The molecule has 32 heavy (non-hydrogen) atoms. The van der Waals surface area contributed by atoms with Crippen molar-refractivity contribution in [2.75, 3.05) is 76.3 Å². The molecule has 0 bridgehead atoms. The highest BCUT2D eigenvalue weighted by Crippen LogP contribution is 2.29. The van der Waals surface area contributed by atoms with E-state index >= 15 is 0 Å². The van der Waals surface area contributed by atoms with Crippen molar-refractivity contribution in [1.29, 1.82) is 0 Å². The van der Waals surface area contributed by atoms with Crippen LogP contribution in [0.15, 0.2) is 29.2 Å². The Bertz CT molecular complexity index is 1060. The fraction of sp³-hybridized carbons (Fsp3) is 0.545. The van der Waals surface area contributed by atoms with Gasteiger partial charge in [-0.05, 0) is 38.6 Å². The van der Waals surface area contributed by atoms with Gasteiger partial charge in [0, 0.05) is 58.4 Å². The Labute approximate surface area is 190 Å². The summed E-state index contributed by atoms with van der Waals surface area (Å²) in [6, 6.07) is 7.27. The molecule has 0 aliphatic carbocycles. The van der Waals surface area contributed by atoms with Gasteiger partial charge >= 0.3 is 0 Å². The molecule has 9 nitrogen and oxygen atoms in total. The number of rotatable bonds is 5. The third kappa shape index (κ3) is 4.67. The van der Waals surface area contributed by atoms with E-state index in [0.29, 0.717) is 31.9 Å². The van der Waals surface area contributed by atoms with Crippen molar-refractivity contribution < 1.29 is 13.2 Å². The second-order valence-electron chi connectivity index (χ2n) is 8.47. The van der Waals surface area contributed by atoms with E-state index in [9.17, 15) is 8.42 Å². The van der Waals surface area contributed by atoms with E-state index in [0.717, 1.165) is 49.2 Å². The maximum Gasteiger partial charge on any atom is 0.246 e. The van der Waals surface area contributed by atoms with Crippen LogP contribution >= 0.6 is 0 Å². The maximum absolute atomic E-state index is 13.3. The lowest BCUT2D eigenvalue weighted by Crippen LogP contribution is -2.49. The Morgan fingerprint density at radius 1 is 0.844 bits per heavy atom. The summed E-state index contributed by atoms with van der Waals surface area (Å²) in [4.78, 5) is 16.3. The summed E-state index contributed by atoms with van der Waals surface area (Å²) in [7, 11) is -0.00571. The summed E-state index contributed by atoms with van der Waals surface area (Å²) < 4.78 is 33.4. The van der Waals surface area contributed by atoms with Crippen LogP contribution in [0.5, 0.6) is 5.75 Å². The number of hydrogen-bond acceptors (Lipinski definition) is 8. The molecule has 0 atom stereocenters. The third-order valence-electron chi connectivity index (χ3n) is 6.14. The van der Waals surface area contributed by atoms with E-state index < -0.39 is 10.0 Å². The van der Waals surface area contributed by atoms with E-state index in [2.05, 4.69) is 31.7 Å². The number of aryl methyl sites for hydroxylation is 2. The molecule has 0 saturated carbocycles. The molecule has 10 heteroatoms. The number of piperazine rings is 2. The SMILES string of the molecule is COc1ccc(C)cc1S(=O)(=O)N1CCN(c2cc(N3CCN(C)CC3)nc(C)n2)CC1. The molecule has 0 amide bonds. The number of likely N-dealkylation sites (N-methyl/N-ethyl adjacent to an activating group) is 1. The zero-order chi connectivity index (χ0) is 22.9. The van der Waals surface area contributed by atoms with E-state index in [1.807, 2.05) is 26.0 Å². The van der Waals surface area contributed by atoms with Crippen LogP contribution in [0.4, 0.5) is 11.6 Å². The maximum atomic E-state index is 13.3. The monoisotopic (exact) mass is 460 g/mol. The van der Waals surface area contributed by atoms with Crippen LogP contribution in [0, 0.1) is 13.8 Å². The smallest absolute Gasteiger partial charge is 0.246 e. The standard InChI is InChI=1S/C22H32N6O3S/c1-17-5-6-19(31-4)20(15-17)32(29,30)28-13-11-27(12-14-28)22-16-21(23-18(2)24-22)26-9-7-25(3)8-10-26/h5-6,15-16H,7-14H2,1-4H3. The molecule has 0 N–H and O–H groups in total. The first kappa shape index (κ1) is 22.8. The summed E-state index contributed by atoms with van der Waals surface area (Å²) in [5, 5.41) is 0. The van der Waals surface area contributed by atoms with Gasteiger partial charge in [-0.15, -0.1) is 0 Å². The normalized spacial score (nSPS) is 18.8. The van der Waals surface area contributed by atoms with E-state index in [1.54, 1.807) is 12.1 Å². The van der Waals surface area contributed by atoms with Gasteiger partial charge in [0.25, 0.3) is 0 Å². The average molecular weight is 461 g/mol. The molecular weight excluding hydrogens is 428 g/mol. The summed E-state index contributed by atoms with van der Waals surface area (Å²) in [6.07, 6.45) is 0. The molecule has 0 radical (unpaired) electrons. The van der Waals surface area contributed by atoms with Crippen molar-refractivity contribution in [2.45, 2.75) is 18.7 Å². The highest BCUT2D eigenvalue weighted by molar-refractivity contribution is 7.89. The first-order chi connectivity index (χ1) is 15.3. The van der Waals surface area contributed by atoms with Crippen LogP contribution in [-0.2, 0) is 10.0 Å². The Morgan fingerprint density at radius 3 is 1.97 bits per heavy atom. The minimum atomic E-state index is -3.64. The Morgan fingerprint density at radius 2 is 1.41 bits per heavy atom. The van der Waals surface area contributed by atoms with E-state index in [4.69, 9.17) is 4.74 Å². The molecular formula is C22H32N6O3S. The van der Waals surface area contributed by atoms with Gasteiger partial charge in [0.2, 0.25) is 10.0 Å². The van der Waals surface area contributed by atoms with Crippen LogP contribution in [0.1, 0.15) is 11.4 Å². The van der Waals surface area contributed by atoms with Crippen molar-refractivity contribution in [3.63, 3.8) is 0 Å². The summed E-state index contributed by atoms with van der Waals surface area (Å²) >= 11 is 0. The summed E-state index contributed by atoms with van der Waals surface area (Å²) in [5.41, 5.74) is 0.885. The highest BCUT2D eigenvalue weighted by atomic mass is 32.2. The minimum absolute atomic E-state index is 0.226. The van der Waals surface area contributed by atoms with Gasteiger partial charge in [-0.3, -0.25) is 0 Å². The number of aromatic nitrogens is 2. The van der Waals surface area contributed by atoms with Gasteiger partial charge in [0.15, 0.2) is 0 Å². The van der Waals surface area contributed by atoms with Crippen LogP contribution in [0.2, 0.25) is 0 Å². The molecule has 1 aromatic carbocycles. The van der Waals surface area contributed by atoms with E-state index in [-0.39, 0.29) is 4.90 Å². The van der Waals surface area contributed by atoms with Gasteiger partial charge in [0.1, 0.15) is 28.1 Å². The lowest BCUT2D eigenvalue weighted by atomic mass is 10.2. The van der Waals surface area contributed by atoms with Crippen LogP contribution in [-0.4, -0.2) is 94.1 Å². The zero-order valence-corrected chi connectivity index (χ0v) is 20.1. The van der Waals surface area contributed by atoms with Crippen molar-refractivity contribution in [2.24, 2.45) is 0 Å². The predicted octanol–water partition coefficient (Wildman–Crippen LogP) is 1.36. The van der Waals surface area contributed by atoms with Gasteiger partial charge in [-0.25, -0.2) is 18.4 Å². The first-order valence-corrected chi connectivity index (χ1v) is 12.4. The number of methoxy groups -OCH3 is 1. The quantitative estimate of drug-likeness (QED) is 0.662. The second-order valence-corrected chi connectivity index (χ2v) is 10.4. The van der Waals surface area contributed by atoms with Gasteiger partial charge < -0.3 is 19.4 Å². The lowest BCUT2D eigenvalue weighted by molar-refractivity contribution is 0.312. The molecule has 2 saturated heterocycles. The molecule has 0 spiro atoms. The Balaban J connectivity index is 1.49. The number of benzene rings is 1. The van der Waals surface area contributed by atoms with Gasteiger partial charge in [-0.1, -0.05) is 6.07 Å². The molecule has 2 aliphatic rings. The molecule has 3 heterocycles. The number of ether oxygens (including phenoxy) is 1. The van der Waals surface area contributed by atoms with Crippen molar-refractivity contribution in [1.82, 2.24) is 19.2 Å². The lowest BCUT2D eigenvalue weighted by Gasteiger charge is -2.36. The fourth-order valence-corrected chi connectivity index (χ4v) is 5.84. The van der Waals surface area contributed by atoms with Crippen molar-refractivity contribution >= 4 is 21.7 Å². The number of hydrogen-bond donors (Lipinski definition) is 0. The van der Waals surface area contributed by atoms with Crippen molar-refractivity contribution in [3.8, 4) is 5.75 Å². The summed E-state index contributed by atoms with van der Waals surface area (Å²) in [5.74, 6) is 2.91. The van der Waals surface area contributed by atoms with Crippen molar-refractivity contribution in [3.05, 3.63) is 35.7 Å². The number of nitrogens with zero attached hydrogens (tertiary/aromatic N) is 6. The topological polar surface area (TPSA) is 82.1 Å². The summed E-state index contributed by atoms with van der Waals surface area (Å²) in [6.45, 7) is 9.64. The molecule has 2 aliphatic heterocycles. The average Bonchev–Trinajstić information content (AvgIpc) is 2.79. The van der Waals surface area contributed by atoms with Crippen LogP contribution in [0.3, 0.4) is 0 Å². The zero-order valence-electron chi connectivity index (χ0n) is 19.3. The fourth-order valence-electron chi connectivity index (χ4n) is 4.18. The molecule has 2 fully saturated rings. The van der Waals surface area contributed by atoms with Gasteiger partial charge in [0.05, 0.1) is 7.11 Å². The number of sulfonamides is 1. The molecule has 174 valence electrons. The molecule has 1 aromatic heterocycles. The first-order valence-electron chi connectivity index (χ1n) is 11.0. The minimum Gasteiger partial charge on any atom is -0.495 e. The molecule has 0 unspecified atom stereocenters. The third-order valence-corrected chi connectivity index (χ3v) is 8.06. The van der Waals surface area contributed by atoms with Crippen LogP contribution in [0.25, 0.3) is 0 Å². The van der Waals surface area contributed by atoms with Crippen LogP contribution < -0.4 is 14.5 Å². The molecule has 2 aromatic rings. The Hall–Kier alpha value is -2.43. The van der Waals surface area contributed by atoms with E-state index in [1.165, 1.54) is 11.4 Å². The predicted molar refractivity (Wildman–Crippen MR) is 125 cm³/mol. The highest BCUT2D eigenvalue weighted by Gasteiger charge is 2.31. The number of anilines is 2. The second kappa shape index (κ2) is 9.21. The molecule has 4 rings (SSSR count). The van der Waals surface area contributed by atoms with Gasteiger partial charge in [-0.2, -0.15) is 4.31 Å².